The lowest BCUT2D eigenvalue weighted by Crippen LogP contribution is -2.22. The molecular formula is C8H9N5OS. The number of nitrogens with zero attached hydrogens (tertiary/aromatic N) is 2. The number of rotatable bonds is 3. The molecule has 0 aliphatic carbocycles. The lowest BCUT2D eigenvalue weighted by atomic mass is 10.3. The van der Waals surface area contributed by atoms with Crippen LogP contribution in [-0.2, 0) is 6.54 Å². The Morgan fingerprint density at radius 1 is 1.67 bits per heavy atom. The average Bonchev–Trinajstić information content (AvgIpc) is 2.84. The molecule has 0 spiro atoms. The molecule has 0 aliphatic heterocycles. The molecule has 2 aromatic heterocycles. The van der Waals surface area contributed by atoms with Gasteiger partial charge in [0.1, 0.15) is 5.69 Å². The van der Waals surface area contributed by atoms with Crippen molar-refractivity contribution in [3.8, 4) is 0 Å². The maximum atomic E-state index is 11.5. The number of H-pyrrole nitrogens is 1. The van der Waals surface area contributed by atoms with Gasteiger partial charge in [-0.2, -0.15) is 5.10 Å². The minimum atomic E-state index is -0.232. The van der Waals surface area contributed by atoms with Crippen molar-refractivity contribution in [2.24, 2.45) is 0 Å². The Morgan fingerprint density at radius 2 is 2.53 bits per heavy atom. The average molecular weight is 223 g/mol. The lowest BCUT2D eigenvalue weighted by molar-refractivity contribution is 0.0946. The van der Waals surface area contributed by atoms with Crippen LogP contribution in [0.15, 0.2) is 17.8 Å². The van der Waals surface area contributed by atoms with E-state index in [2.05, 4.69) is 20.5 Å². The molecule has 2 aromatic rings. The number of thiazole rings is 1. The van der Waals surface area contributed by atoms with Crippen molar-refractivity contribution in [2.75, 3.05) is 5.73 Å². The van der Waals surface area contributed by atoms with Gasteiger partial charge >= 0.3 is 0 Å². The number of carbonyl (C=O) groups is 1. The fraction of sp³-hybridized carbons (Fsp3) is 0.125. The zero-order valence-electron chi connectivity index (χ0n) is 7.73. The van der Waals surface area contributed by atoms with Crippen LogP contribution < -0.4 is 11.1 Å². The SMILES string of the molecule is Nc1nc(C(=O)NCc2cn[nH]c2)cs1. The molecule has 2 heterocycles. The molecule has 0 aromatic carbocycles. The van der Waals surface area contributed by atoms with Gasteiger partial charge in [0.05, 0.1) is 6.20 Å². The molecule has 2 rings (SSSR count). The van der Waals surface area contributed by atoms with Gasteiger partial charge in [0, 0.05) is 23.7 Å². The third-order valence-corrected chi connectivity index (χ3v) is 2.44. The van der Waals surface area contributed by atoms with Crippen molar-refractivity contribution >= 4 is 22.4 Å². The second kappa shape index (κ2) is 4.09. The van der Waals surface area contributed by atoms with E-state index in [1.54, 1.807) is 17.8 Å². The second-order valence-corrected chi connectivity index (χ2v) is 3.75. The fourth-order valence-electron chi connectivity index (χ4n) is 1.04. The van der Waals surface area contributed by atoms with Crippen LogP contribution in [0, 0.1) is 0 Å². The molecule has 6 nitrogen and oxygen atoms in total. The highest BCUT2D eigenvalue weighted by atomic mass is 32.1. The van der Waals surface area contributed by atoms with Crippen molar-refractivity contribution in [3.63, 3.8) is 0 Å². The summed E-state index contributed by atoms with van der Waals surface area (Å²) in [6.07, 6.45) is 3.37. The summed E-state index contributed by atoms with van der Waals surface area (Å²) in [5.41, 5.74) is 6.68. The Kier molecular flexibility index (Phi) is 2.64. The quantitative estimate of drug-likeness (QED) is 0.700. The first-order chi connectivity index (χ1) is 7.25. The number of nitrogens with one attached hydrogen (secondary N) is 2. The fourth-order valence-corrected chi connectivity index (χ4v) is 1.58. The Morgan fingerprint density at radius 3 is 3.13 bits per heavy atom. The predicted molar refractivity (Wildman–Crippen MR) is 56.3 cm³/mol. The number of aromatic nitrogens is 3. The van der Waals surface area contributed by atoms with E-state index >= 15 is 0 Å². The van der Waals surface area contributed by atoms with Gasteiger partial charge in [-0.3, -0.25) is 9.89 Å². The van der Waals surface area contributed by atoms with Crippen LogP contribution >= 0.6 is 11.3 Å². The first-order valence-corrected chi connectivity index (χ1v) is 5.10. The maximum Gasteiger partial charge on any atom is 0.271 e. The molecule has 7 heteroatoms. The molecule has 0 saturated heterocycles. The molecule has 15 heavy (non-hydrogen) atoms. The molecule has 0 saturated carbocycles. The lowest BCUT2D eigenvalue weighted by Gasteiger charge is -1.99. The summed E-state index contributed by atoms with van der Waals surface area (Å²) >= 11 is 1.24. The predicted octanol–water partition coefficient (Wildman–Crippen LogP) is 0.378. The van der Waals surface area contributed by atoms with Gasteiger partial charge in [-0.15, -0.1) is 11.3 Å². The van der Waals surface area contributed by atoms with E-state index in [-0.39, 0.29) is 5.91 Å². The van der Waals surface area contributed by atoms with Gasteiger partial charge in [0.2, 0.25) is 0 Å². The van der Waals surface area contributed by atoms with Crippen molar-refractivity contribution in [3.05, 3.63) is 29.0 Å². The molecule has 0 atom stereocenters. The summed E-state index contributed by atoms with van der Waals surface area (Å²) < 4.78 is 0. The van der Waals surface area contributed by atoms with Gasteiger partial charge in [-0.05, 0) is 0 Å². The second-order valence-electron chi connectivity index (χ2n) is 2.86. The Hall–Kier alpha value is -1.89. The Balaban J connectivity index is 1.93. The number of hydrogen-bond donors (Lipinski definition) is 3. The smallest absolute Gasteiger partial charge is 0.271 e. The van der Waals surface area contributed by atoms with Crippen LogP contribution in [-0.4, -0.2) is 21.1 Å². The molecule has 78 valence electrons. The summed E-state index contributed by atoms with van der Waals surface area (Å²) in [6, 6.07) is 0. The molecule has 0 fully saturated rings. The molecule has 0 unspecified atom stereocenters. The van der Waals surface area contributed by atoms with Crippen molar-refractivity contribution in [2.45, 2.75) is 6.54 Å². The molecule has 0 aliphatic rings. The maximum absolute atomic E-state index is 11.5. The van der Waals surface area contributed by atoms with Gasteiger partial charge in [0.15, 0.2) is 5.13 Å². The highest BCUT2D eigenvalue weighted by molar-refractivity contribution is 7.13. The van der Waals surface area contributed by atoms with Crippen LogP contribution in [0.4, 0.5) is 5.13 Å². The minimum Gasteiger partial charge on any atom is -0.375 e. The molecule has 4 N–H and O–H groups in total. The van der Waals surface area contributed by atoms with E-state index < -0.39 is 0 Å². The van der Waals surface area contributed by atoms with Crippen molar-refractivity contribution < 1.29 is 4.79 Å². The number of amides is 1. The van der Waals surface area contributed by atoms with Crippen LogP contribution in [0.2, 0.25) is 0 Å². The summed E-state index contributed by atoms with van der Waals surface area (Å²) in [6.45, 7) is 0.423. The molecular weight excluding hydrogens is 214 g/mol. The summed E-state index contributed by atoms with van der Waals surface area (Å²) in [5, 5.41) is 11.2. The van der Waals surface area contributed by atoms with E-state index in [4.69, 9.17) is 5.73 Å². The first-order valence-electron chi connectivity index (χ1n) is 4.22. The highest BCUT2D eigenvalue weighted by Gasteiger charge is 2.08. The number of nitrogens with two attached hydrogens (primary N) is 1. The molecule has 0 bridgehead atoms. The highest BCUT2D eigenvalue weighted by Crippen LogP contribution is 2.10. The largest absolute Gasteiger partial charge is 0.375 e. The van der Waals surface area contributed by atoms with Crippen LogP contribution in [0.5, 0.6) is 0 Å². The normalized spacial score (nSPS) is 10.1. The van der Waals surface area contributed by atoms with E-state index in [1.165, 1.54) is 11.3 Å². The van der Waals surface area contributed by atoms with Crippen LogP contribution in [0.25, 0.3) is 0 Å². The van der Waals surface area contributed by atoms with E-state index in [0.29, 0.717) is 17.4 Å². The topological polar surface area (TPSA) is 96.7 Å². The van der Waals surface area contributed by atoms with Crippen LogP contribution in [0.1, 0.15) is 16.1 Å². The van der Waals surface area contributed by atoms with Crippen LogP contribution in [0.3, 0.4) is 0 Å². The van der Waals surface area contributed by atoms with E-state index in [0.717, 1.165) is 5.56 Å². The summed E-state index contributed by atoms with van der Waals surface area (Å²) in [5.74, 6) is -0.232. The number of carbonyl (C=O) groups excluding carboxylic acids is 1. The van der Waals surface area contributed by atoms with Crippen molar-refractivity contribution in [1.82, 2.24) is 20.5 Å². The van der Waals surface area contributed by atoms with Gasteiger partial charge in [-0.1, -0.05) is 0 Å². The van der Waals surface area contributed by atoms with Gasteiger partial charge in [0.25, 0.3) is 5.91 Å². The number of nitrogen functional groups attached to an aromatic ring is 1. The Bertz CT molecular complexity index is 449. The summed E-state index contributed by atoms with van der Waals surface area (Å²) in [7, 11) is 0. The monoisotopic (exact) mass is 223 g/mol. The van der Waals surface area contributed by atoms with Gasteiger partial charge in [-0.25, -0.2) is 4.98 Å². The number of hydrogen-bond acceptors (Lipinski definition) is 5. The third-order valence-electron chi connectivity index (χ3n) is 1.76. The zero-order chi connectivity index (χ0) is 10.7. The summed E-state index contributed by atoms with van der Waals surface area (Å²) in [4.78, 5) is 15.4. The van der Waals surface area contributed by atoms with E-state index in [1.807, 2.05) is 0 Å². The zero-order valence-corrected chi connectivity index (χ0v) is 8.54. The molecule has 0 radical (unpaired) electrons. The number of aromatic amines is 1. The standard InChI is InChI=1S/C8H9N5OS/c9-8-13-6(4-15-8)7(14)10-1-5-2-11-12-3-5/h2-4H,1H2,(H2,9,13)(H,10,14)(H,11,12). The minimum absolute atomic E-state index is 0.232. The Labute approximate surface area is 89.5 Å². The van der Waals surface area contributed by atoms with E-state index in [9.17, 15) is 4.79 Å². The first kappa shape index (κ1) is 9.66. The molecule has 1 amide bonds. The van der Waals surface area contributed by atoms with Crippen molar-refractivity contribution in [1.29, 1.82) is 0 Å². The van der Waals surface area contributed by atoms with Gasteiger partial charge < -0.3 is 11.1 Å². The number of anilines is 1. The third kappa shape index (κ3) is 2.32.